The second-order valence-electron chi connectivity index (χ2n) is 2.03. The summed E-state index contributed by atoms with van der Waals surface area (Å²) in [6, 6.07) is 1.55. The molecule has 0 amide bonds. The molecule has 1 heterocycles. The molecule has 5 nitrogen and oxygen atoms in total. The van der Waals surface area contributed by atoms with Gasteiger partial charge in [-0.2, -0.15) is 10.4 Å². The Morgan fingerprint density at radius 3 is 3.00 bits per heavy atom. The van der Waals surface area contributed by atoms with Crippen LogP contribution in [0, 0.1) is 16.0 Å². The standard InChI is InChI=1S/C5H7N5S/c6-2-1-3(7)4-5(11)9-10-8-4/h3H,1,7H2,(H2,8,9,10,11). The number of hydrogen-bond donors (Lipinski definition) is 3. The van der Waals surface area contributed by atoms with E-state index in [0.29, 0.717) is 10.3 Å². The van der Waals surface area contributed by atoms with Crippen molar-refractivity contribution in [2.75, 3.05) is 0 Å². The summed E-state index contributed by atoms with van der Waals surface area (Å²) in [6.07, 6.45) is 0.225. The summed E-state index contributed by atoms with van der Waals surface area (Å²) in [5.74, 6) is 0. The smallest absolute Gasteiger partial charge is 0.144 e. The molecule has 0 aliphatic rings. The van der Waals surface area contributed by atoms with Crippen LogP contribution in [0.1, 0.15) is 18.2 Å². The van der Waals surface area contributed by atoms with Gasteiger partial charge in [-0.1, -0.05) is 12.2 Å². The fraction of sp³-hybridized carbons (Fsp3) is 0.400. The third kappa shape index (κ3) is 1.63. The maximum absolute atomic E-state index is 8.31. The van der Waals surface area contributed by atoms with Crippen molar-refractivity contribution in [2.45, 2.75) is 12.5 Å². The largest absolute Gasteiger partial charge is 0.322 e. The van der Waals surface area contributed by atoms with Gasteiger partial charge >= 0.3 is 0 Å². The molecule has 0 radical (unpaired) electrons. The van der Waals surface area contributed by atoms with Crippen LogP contribution in [0.2, 0.25) is 0 Å². The lowest BCUT2D eigenvalue weighted by Crippen LogP contribution is -2.10. The molecular weight excluding hydrogens is 162 g/mol. The van der Waals surface area contributed by atoms with Crippen LogP contribution in [0.3, 0.4) is 0 Å². The van der Waals surface area contributed by atoms with E-state index in [1.165, 1.54) is 0 Å². The van der Waals surface area contributed by atoms with Gasteiger partial charge in [0.25, 0.3) is 0 Å². The minimum atomic E-state index is -0.394. The molecule has 58 valence electrons. The summed E-state index contributed by atoms with van der Waals surface area (Å²) < 4.78 is 0.466. The molecule has 6 heteroatoms. The fourth-order valence-corrected chi connectivity index (χ4v) is 0.943. The van der Waals surface area contributed by atoms with E-state index in [1.54, 1.807) is 0 Å². The monoisotopic (exact) mass is 169 g/mol. The molecule has 1 aromatic heterocycles. The zero-order chi connectivity index (χ0) is 8.27. The molecule has 0 aliphatic heterocycles. The van der Waals surface area contributed by atoms with E-state index in [1.807, 2.05) is 6.07 Å². The van der Waals surface area contributed by atoms with Crippen molar-refractivity contribution in [1.29, 1.82) is 5.26 Å². The molecule has 0 saturated carbocycles. The van der Waals surface area contributed by atoms with E-state index in [2.05, 4.69) is 15.4 Å². The van der Waals surface area contributed by atoms with Crippen LogP contribution in [-0.4, -0.2) is 15.4 Å². The van der Waals surface area contributed by atoms with Crippen LogP contribution < -0.4 is 5.73 Å². The maximum Gasteiger partial charge on any atom is 0.144 e. The summed E-state index contributed by atoms with van der Waals surface area (Å²) in [6.45, 7) is 0. The second kappa shape index (κ2) is 3.27. The van der Waals surface area contributed by atoms with Crippen molar-refractivity contribution >= 4 is 12.2 Å². The van der Waals surface area contributed by atoms with Gasteiger partial charge in [0.05, 0.1) is 18.5 Å². The van der Waals surface area contributed by atoms with Crippen LogP contribution >= 0.6 is 12.2 Å². The highest BCUT2D eigenvalue weighted by molar-refractivity contribution is 7.71. The van der Waals surface area contributed by atoms with E-state index in [-0.39, 0.29) is 6.42 Å². The second-order valence-corrected chi connectivity index (χ2v) is 2.44. The van der Waals surface area contributed by atoms with Gasteiger partial charge in [-0.15, -0.1) is 0 Å². The summed E-state index contributed by atoms with van der Waals surface area (Å²) in [5.41, 5.74) is 6.10. The lowest BCUT2D eigenvalue weighted by atomic mass is 10.2. The number of nitrogens with two attached hydrogens (primary N) is 1. The van der Waals surface area contributed by atoms with Crippen molar-refractivity contribution < 1.29 is 0 Å². The minimum Gasteiger partial charge on any atom is -0.322 e. The first-order valence-corrected chi connectivity index (χ1v) is 3.42. The average Bonchev–Trinajstić information content (AvgIpc) is 2.36. The molecule has 0 spiro atoms. The number of nitrogens with zero attached hydrogens (tertiary/aromatic N) is 2. The highest BCUT2D eigenvalue weighted by atomic mass is 32.1. The average molecular weight is 169 g/mol. The number of aromatic amines is 2. The molecule has 0 saturated heterocycles. The lowest BCUT2D eigenvalue weighted by molar-refractivity contribution is 0.712. The predicted octanol–water partition coefficient (Wildman–Crippen LogP) is 0.381. The van der Waals surface area contributed by atoms with E-state index >= 15 is 0 Å². The third-order valence-electron chi connectivity index (χ3n) is 1.24. The van der Waals surface area contributed by atoms with Gasteiger partial charge < -0.3 is 5.73 Å². The van der Waals surface area contributed by atoms with Crippen LogP contribution in [0.4, 0.5) is 0 Å². The Morgan fingerprint density at radius 2 is 2.55 bits per heavy atom. The minimum absolute atomic E-state index is 0.225. The quantitative estimate of drug-likeness (QED) is 0.558. The zero-order valence-electron chi connectivity index (χ0n) is 5.66. The maximum atomic E-state index is 8.31. The number of H-pyrrole nitrogens is 2. The number of hydrogen-bond acceptors (Lipinski definition) is 4. The van der Waals surface area contributed by atoms with E-state index in [0.717, 1.165) is 0 Å². The van der Waals surface area contributed by atoms with E-state index in [4.69, 9.17) is 23.2 Å². The van der Waals surface area contributed by atoms with Crippen LogP contribution in [-0.2, 0) is 0 Å². The van der Waals surface area contributed by atoms with Crippen molar-refractivity contribution in [3.8, 4) is 6.07 Å². The molecule has 4 N–H and O–H groups in total. The third-order valence-corrected chi connectivity index (χ3v) is 1.55. The molecule has 0 fully saturated rings. The number of aromatic nitrogens is 3. The lowest BCUT2D eigenvalue weighted by Gasteiger charge is -1.99. The SMILES string of the molecule is N#CCC(N)c1n[nH][nH]c1=S. The Balaban J connectivity index is 2.86. The molecule has 11 heavy (non-hydrogen) atoms. The van der Waals surface area contributed by atoms with Crippen LogP contribution in [0.25, 0.3) is 0 Å². The molecular formula is C5H7N5S. The predicted molar refractivity (Wildman–Crippen MR) is 40.9 cm³/mol. The van der Waals surface area contributed by atoms with Gasteiger partial charge in [-0.3, -0.25) is 5.10 Å². The van der Waals surface area contributed by atoms with Crippen molar-refractivity contribution in [3.05, 3.63) is 10.3 Å². The van der Waals surface area contributed by atoms with E-state index < -0.39 is 6.04 Å². The highest BCUT2D eigenvalue weighted by Gasteiger charge is 2.09. The summed E-state index contributed by atoms with van der Waals surface area (Å²) in [4.78, 5) is 0. The van der Waals surface area contributed by atoms with Gasteiger partial charge in [-0.05, 0) is 0 Å². The molecule has 0 aliphatic carbocycles. The Hall–Kier alpha value is -1.19. The van der Waals surface area contributed by atoms with Crippen molar-refractivity contribution in [3.63, 3.8) is 0 Å². The highest BCUT2D eigenvalue weighted by Crippen LogP contribution is 2.09. The van der Waals surface area contributed by atoms with Gasteiger partial charge in [0.15, 0.2) is 0 Å². The number of rotatable bonds is 2. The summed E-state index contributed by atoms with van der Waals surface area (Å²) in [7, 11) is 0. The number of nitriles is 1. The normalized spacial score (nSPS) is 12.4. The molecule has 0 bridgehead atoms. The molecule has 1 aromatic rings. The Labute approximate surface area is 68.2 Å². The van der Waals surface area contributed by atoms with Crippen molar-refractivity contribution in [1.82, 2.24) is 15.4 Å². The molecule has 1 unspecified atom stereocenters. The van der Waals surface area contributed by atoms with E-state index in [9.17, 15) is 0 Å². The molecule has 0 aromatic carbocycles. The molecule has 1 rings (SSSR count). The first kappa shape index (κ1) is 7.91. The Kier molecular flexibility index (Phi) is 2.36. The first-order valence-electron chi connectivity index (χ1n) is 3.01. The first-order chi connectivity index (χ1) is 5.25. The van der Waals surface area contributed by atoms with Gasteiger partial charge in [0.1, 0.15) is 10.3 Å². The van der Waals surface area contributed by atoms with Crippen molar-refractivity contribution in [2.24, 2.45) is 5.73 Å². The van der Waals surface area contributed by atoms with Crippen LogP contribution in [0.5, 0.6) is 0 Å². The Morgan fingerprint density at radius 1 is 1.82 bits per heavy atom. The Bertz CT molecular complexity index is 318. The van der Waals surface area contributed by atoms with Crippen LogP contribution in [0.15, 0.2) is 0 Å². The van der Waals surface area contributed by atoms with Gasteiger partial charge in [-0.25, -0.2) is 5.21 Å². The molecule has 1 atom stereocenters. The summed E-state index contributed by atoms with van der Waals surface area (Å²) in [5, 5.41) is 17.2. The topological polar surface area (TPSA) is 94.3 Å². The summed E-state index contributed by atoms with van der Waals surface area (Å²) >= 11 is 4.84. The zero-order valence-corrected chi connectivity index (χ0v) is 6.48. The van der Waals surface area contributed by atoms with Gasteiger partial charge in [0, 0.05) is 0 Å². The van der Waals surface area contributed by atoms with Gasteiger partial charge in [0.2, 0.25) is 0 Å². The fourth-order valence-electron chi connectivity index (χ4n) is 0.700. The number of nitrogens with one attached hydrogen (secondary N) is 2.